The molecule has 0 radical (unpaired) electrons. The molecule has 1 heterocycles. The van der Waals surface area contributed by atoms with Crippen LogP contribution in [0, 0.1) is 20.6 Å². The number of methoxy groups -OCH3 is 1. The van der Waals surface area contributed by atoms with Crippen molar-refractivity contribution in [2.75, 3.05) is 7.11 Å². The second kappa shape index (κ2) is 10.9. The first-order valence-electron chi connectivity index (χ1n) is 10.4. The van der Waals surface area contributed by atoms with Crippen LogP contribution in [0.3, 0.4) is 0 Å². The van der Waals surface area contributed by atoms with Crippen molar-refractivity contribution < 1.29 is 23.9 Å². The molecule has 0 fully saturated rings. The first-order chi connectivity index (χ1) is 17.2. The summed E-state index contributed by atoms with van der Waals surface area (Å²) in [4.78, 5) is 27.3. The minimum atomic E-state index is -0.630. The van der Waals surface area contributed by atoms with Gasteiger partial charge in [0.25, 0.3) is 5.69 Å². The van der Waals surface area contributed by atoms with Gasteiger partial charge in [-0.25, -0.2) is 9.79 Å². The summed E-state index contributed by atoms with van der Waals surface area (Å²) in [6.07, 6.45) is 1.57. The number of aliphatic imine (C=N–C) groups is 1. The highest BCUT2D eigenvalue weighted by molar-refractivity contribution is 14.1. The molecule has 184 valence electrons. The zero-order valence-electron chi connectivity index (χ0n) is 18.9. The number of carbonyl (C=O) groups is 1. The van der Waals surface area contributed by atoms with Crippen molar-refractivity contribution in [1.29, 1.82) is 0 Å². The number of nitro benzene ring substituents is 1. The Morgan fingerprint density at radius 3 is 2.58 bits per heavy atom. The standard InChI is InChI=1S/C25H17Cl2IN2O6/c1-13-7-16(4-6-21(13)30(32)33)24-29-20(25(31)36-24)10-15-9-19(28)23(22(11-15)34-2)35-12-14-3-5-17(26)18(27)8-14/h3-11H,12H2,1-2H3/b20-10-. The number of ether oxygens (including phenoxy) is 3. The third kappa shape index (κ3) is 5.63. The first kappa shape index (κ1) is 25.9. The van der Waals surface area contributed by atoms with Gasteiger partial charge in [0.15, 0.2) is 17.2 Å². The summed E-state index contributed by atoms with van der Waals surface area (Å²) in [6, 6.07) is 13.2. The fourth-order valence-electron chi connectivity index (χ4n) is 3.43. The number of hydrogen-bond donors (Lipinski definition) is 0. The molecule has 4 rings (SSSR count). The molecule has 1 aliphatic rings. The van der Waals surface area contributed by atoms with Crippen LogP contribution in [-0.2, 0) is 16.1 Å². The maximum Gasteiger partial charge on any atom is 0.363 e. The molecule has 0 aliphatic carbocycles. The van der Waals surface area contributed by atoms with Gasteiger partial charge >= 0.3 is 5.97 Å². The van der Waals surface area contributed by atoms with E-state index in [9.17, 15) is 14.9 Å². The van der Waals surface area contributed by atoms with Crippen LogP contribution in [0.15, 0.2) is 59.2 Å². The van der Waals surface area contributed by atoms with Gasteiger partial charge in [-0.05, 0) is 83.1 Å². The molecule has 0 atom stereocenters. The lowest BCUT2D eigenvalue weighted by Gasteiger charge is -2.14. The van der Waals surface area contributed by atoms with Gasteiger partial charge in [0.2, 0.25) is 5.90 Å². The Bertz CT molecular complexity index is 1450. The molecule has 0 aromatic heterocycles. The fourth-order valence-corrected chi connectivity index (χ4v) is 4.53. The number of cyclic esters (lactones) is 1. The predicted octanol–water partition coefficient (Wildman–Crippen LogP) is 6.75. The second-order valence-corrected chi connectivity index (χ2v) is 9.64. The zero-order chi connectivity index (χ0) is 26.0. The van der Waals surface area contributed by atoms with Gasteiger partial charge in [0.05, 0.1) is 25.6 Å². The lowest BCUT2D eigenvalue weighted by molar-refractivity contribution is -0.385. The van der Waals surface area contributed by atoms with Crippen LogP contribution < -0.4 is 9.47 Å². The van der Waals surface area contributed by atoms with E-state index in [0.717, 1.165) is 9.13 Å². The molecule has 1 aliphatic heterocycles. The summed E-state index contributed by atoms with van der Waals surface area (Å²) in [5.41, 5.74) is 2.45. The van der Waals surface area contributed by atoms with Crippen LogP contribution in [0.5, 0.6) is 11.5 Å². The second-order valence-electron chi connectivity index (χ2n) is 7.67. The number of halogens is 3. The Morgan fingerprint density at radius 2 is 1.92 bits per heavy atom. The molecule has 0 amide bonds. The smallest absolute Gasteiger partial charge is 0.363 e. The molecule has 36 heavy (non-hydrogen) atoms. The summed E-state index contributed by atoms with van der Waals surface area (Å²) >= 11 is 14.2. The normalized spacial score (nSPS) is 14.0. The minimum absolute atomic E-state index is 0.0254. The molecular weight excluding hydrogens is 622 g/mol. The SMILES string of the molecule is COc1cc(/C=C2\N=C(c3ccc([N+](=O)[O-])c(C)c3)OC2=O)cc(I)c1OCc1ccc(Cl)c(Cl)c1. The quantitative estimate of drug-likeness (QED) is 0.0933. The van der Waals surface area contributed by atoms with E-state index in [4.69, 9.17) is 37.4 Å². The molecule has 0 N–H and O–H groups in total. The highest BCUT2D eigenvalue weighted by Gasteiger charge is 2.25. The van der Waals surface area contributed by atoms with Crippen molar-refractivity contribution in [3.63, 3.8) is 0 Å². The number of aryl methyl sites for hydroxylation is 1. The molecule has 3 aromatic carbocycles. The number of hydrogen-bond acceptors (Lipinski definition) is 7. The Hall–Kier alpha value is -3.15. The fraction of sp³-hybridized carbons (Fsp3) is 0.120. The maximum absolute atomic E-state index is 12.4. The van der Waals surface area contributed by atoms with Crippen LogP contribution in [-0.4, -0.2) is 23.9 Å². The van der Waals surface area contributed by atoms with E-state index in [1.165, 1.54) is 19.2 Å². The molecular formula is C25H17Cl2IN2O6. The zero-order valence-corrected chi connectivity index (χ0v) is 22.6. The van der Waals surface area contributed by atoms with E-state index < -0.39 is 10.9 Å². The van der Waals surface area contributed by atoms with Crippen LogP contribution in [0.1, 0.15) is 22.3 Å². The number of rotatable bonds is 7. The van der Waals surface area contributed by atoms with Gasteiger partial charge < -0.3 is 14.2 Å². The number of nitrogens with zero attached hydrogens (tertiary/aromatic N) is 2. The van der Waals surface area contributed by atoms with Crippen molar-refractivity contribution in [2.45, 2.75) is 13.5 Å². The van der Waals surface area contributed by atoms with Gasteiger partial charge in [-0.15, -0.1) is 0 Å². The lowest BCUT2D eigenvalue weighted by atomic mass is 10.1. The van der Waals surface area contributed by atoms with E-state index in [2.05, 4.69) is 27.6 Å². The largest absolute Gasteiger partial charge is 0.493 e. The average Bonchev–Trinajstić information content (AvgIpc) is 3.19. The molecule has 3 aromatic rings. The van der Waals surface area contributed by atoms with Gasteiger partial charge in [0, 0.05) is 17.2 Å². The number of esters is 1. The summed E-state index contributed by atoms with van der Waals surface area (Å²) in [6.45, 7) is 1.85. The Morgan fingerprint density at radius 1 is 1.14 bits per heavy atom. The van der Waals surface area contributed by atoms with Crippen molar-refractivity contribution in [1.82, 2.24) is 0 Å². The van der Waals surface area contributed by atoms with Gasteiger partial charge in [-0.1, -0.05) is 29.3 Å². The van der Waals surface area contributed by atoms with Crippen molar-refractivity contribution >= 4 is 69.4 Å². The molecule has 0 saturated heterocycles. The van der Waals surface area contributed by atoms with E-state index in [1.54, 1.807) is 37.3 Å². The van der Waals surface area contributed by atoms with Crippen molar-refractivity contribution in [2.24, 2.45) is 4.99 Å². The molecule has 0 spiro atoms. The molecule has 0 saturated carbocycles. The van der Waals surface area contributed by atoms with E-state index in [0.29, 0.717) is 38.2 Å². The van der Waals surface area contributed by atoms with Crippen molar-refractivity contribution in [3.05, 3.63) is 100 Å². The summed E-state index contributed by atoms with van der Waals surface area (Å²) in [7, 11) is 1.52. The molecule has 11 heteroatoms. The van der Waals surface area contributed by atoms with E-state index >= 15 is 0 Å². The third-order valence-corrected chi connectivity index (χ3v) is 6.72. The molecule has 8 nitrogen and oxygen atoms in total. The Labute approximate surface area is 229 Å². The molecule has 0 bridgehead atoms. The van der Waals surface area contributed by atoms with Crippen LogP contribution in [0.25, 0.3) is 6.08 Å². The summed E-state index contributed by atoms with van der Waals surface area (Å²) in [5, 5.41) is 12.0. The Kier molecular flexibility index (Phi) is 7.82. The number of carbonyl (C=O) groups excluding carboxylic acids is 1. The predicted molar refractivity (Wildman–Crippen MR) is 145 cm³/mol. The van der Waals surface area contributed by atoms with Crippen molar-refractivity contribution in [3.8, 4) is 11.5 Å². The van der Waals surface area contributed by atoms with E-state index in [-0.39, 0.29) is 23.9 Å². The minimum Gasteiger partial charge on any atom is -0.493 e. The van der Waals surface area contributed by atoms with Crippen LogP contribution in [0.2, 0.25) is 10.0 Å². The first-order valence-corrected chi connectivity index (χ1v) is 12.2. The third-order valence-electron chi connectivity index (χ3n) is 5.18. The topological polar surface area (TPSA) is 100 Å². The van der Waals surface area contributed by atoms with Crippen LogP contribution in [0.4, 0.5) is 5.69 Å². The lowest BCUT2D eigenvalue weighted by Crippen LogP contribution is -2.06. The monoisotopic (exact) mass is 638 g/mol. The van der Waals surface area contributed by atoms with E-state index in [1.807, 2.05) is 12.1 Å². The number of benzene rings is 3. The summed E-state index contributed by atoms with van der Waals surface area (Å²) < 4.78 is 17.5. The van der Waals surface area contributed by atoms with Gasteiger partial charge in [0.1, 0.15) is 6.61 Å². The van der Waals surface area contributed by atoms with Crippen LogP contribution >= 0.6 is 45.8 Å². The Balaban J connectivity index is 1.59. The summed E-state index contributed by atoms with van der Waals surface area (Å²) in [5.74, 6) is 0.448. The van der Waals surface area contributed by atoms with Gasteiger partial charge in [-0.3, -0.25) is 10.1 Å². The average molecular weight is 639 g/mol. The molecule has 0 unspecified atom stereocenters. The maximum atomic E-state index is 12.4. The number of nitro groups is 1. The van der Waals surface area contributed by atoms with Gasteiger partial charge in [-0.2, -0.15) is 0 Å². The highest BCUT2D eigenvalue weighted by Crippen LogP contribution is 2.36. The highest BCUT2D eigenvalue weighted by atomic mass is 127.